The Morgan fingerprint density at radius 1 is 1.58 bits per heavy atom. The van der Waals surface area contributed by atoms with Gasteiger partial charge in [-0.15, -0.1) is 0 Å². The first-order valence-electron chi connectivity index (χ1n) is 4.40. The van der Waals surface area contributed by atoms with Gasteiger partial charge in [-0.05, 0) is 19.3 Å². The standard InChI is InChI=1S/C9H12O3/c10-7-5-9(7)3-1-2-6(4-9)8(11)12/h6H,1-5H2,(H,11,12). The van der Waals surface area contributed by atoms with Crippen molar-refractivity contribution in [2.45, 2.75) is 32.1 Å². The maximum absolute atomic E-state index is 11.0. The molecule has 0 heterocycles. The molecule has 0 aliphatic heterocycles. The van der Waals surface area contributed by atoms with Crippen molar-refractivity contribution in [2.24, 2.45) is 11.3 Å². The molecule has 0 radical (unpaired) electrons. The molecule has 2 aliphatic rings. The van der Waals surface area contributed by atoms with Gasteiger partial charge in [0.15, 0.2) is 0 Å². The van der Waals surface area contributed by atoms with Crippen molar-refractivity contribution in [3.8, 4) is 0 Å². The van der Waals surface area contributed by atoms with Crippen LogP contribution in [0.15, 0.2) is 0 Å². The normalized spacial score (nSPS) is 40.0. The van der Waals surface area contributed by atoms with Gasteiger partial charge in [0, 0.05) is 11.8 Å². The maximum Gasteiger partial charge on any atom is 0.306 e. The van der Waals surface area contributed by atoms with Crippen LogP contribution in [0, 0.1) is 11.3 Å². The molecule has 0 amide bonds. The summed E-state index contributed by atoms with van der Waals surface area (Å²) in [5.41, 5.74) is -0.179. The Balaban J connectivity index is 2.05. The molecule has 0 aromatic rings. The van der Waals surface area contributed by atoms with E-state index in [2.05, 4.69) is 0 Å². The number of carboxylic acids is 1. The van der Waals surface area contributed by atoms with Crippen LogP contribution >= 0.6 is 0 Å². The molecule has 0 saturated heterocycles. The minimum atomic E-state index is -0.728. The molecule has 1 spiro atoms. The highest BCUT2D eigenvalue weighted by atomic mass is 16.4. The van der Waals surface area contributed by atoms with Crippen LogP contribution in [0.3, 0.4) is 0 Å². The Bertz CT molecular complexity index is 246. The van der Waals surface area contributed by atoms with Gasteiger partial charge >= 0.3 is 5.97 Å². The molecule has 2 unspecified atom stereocenters. The van der Waals surface area contributed by atoms with Gasteiger partial charge in [0.1, 0.15) is 5.78 Å². The van der Waals surface area contributed by atoms with E-state index < -0.39 is 5.97 Å². The first-order valence-corrected chi connectivity index (χ1v) is 4.40. The van der Waals surface area contributed by atoms with E-state index >= 15 is 0 Å². The van der Waals surface area contributed by atoms with Gasteiger partial charge in [0.2, 0.25) is 0 Å². The van der Waals surface area contributed by atoms with Gasteiger partial charge in [-0.1, -0.05) is 6.42 Å². The average Bonchev–Trinajstić information content (AvgIpc) is 2.61. The van der Waals surface area contributed by atoms with Crippen molar-refractivity contribution in [1.82, 2.24) is 0 Å². The third-order valence-corrected chi connectivity index (χ3v) is 3.16. The van der Waals surface area contributed by atoms with E-state index in [1.807, 2.05) is 0 Å². The molecule has 2 saturated carbocycles. The highest BCUT2D eigenvalue weighted by Gasteiger charge is 2.56. The SMILES string of the molecule is O=C(O)C1CCCC2(CC2=O)C1. The topological polar surface area (TPSA) is 54.4 Å². The first kappa shape index (κ1) is 7.77. The molecule has 0 bridgehead atoms. The molecule has 0 aromatic carbocycles. The van der Waals surface area contributed by atoms with E-state index in [-0.39, 0.29) is 17.1 Å². The molecule has 2 aliphatic carbocycles. The van der Waals surface area contributed by atoms with E-state index in [0.717, 1.165) is 19.3 Å². The summed E-state index contributed by atoms with van der Waals surface area (Å²) in [5, 5.41) is 8.77. The van der Waals surface area contributed by atoms with Crippen molar-refractivity contribution in [2.75, 3.05) is 0 Å². The lowest BCUT2D eigenvalue weighted by atomic mass is 9.79. The summed E-state index contributed by atoms with van der Waals surface area (Å²) in [6, 6.07) is 0. The number of ketones is 1. The zero-order chi connectivity index (χ0) is 8.77. The Morgan fingerprint density at radius 2 is 2.25 bits per heavy atom. The highest BCUT2D eigenvalue weighted by Crippen LogP contribution is 2.54. The van der Waals surface area contributed by atoms with Gasteiger partial charge < -0.3 is 5.11 Å². The molecule has 66 valence electrons. The largest absolute Gasteiger partial charge is 0.481 e. The number of carbonyl (C=O) groups is 2. The summed E-state index contributed by atoms with van der Waals surface area (Å²) in [7, 11) is 0. The lowest BCUT2D eigenvalue weighted by molar-refractivity contribution is -0.143. The molecule has 3 heteroatoms. The monoisotopic (exact) mass is 168 g/mol. The third kappa shape index (κ3) is 1.04. The minimum absolute atomic E-state index is 0.179. The molecular formula is C9H12O3. The minimum Gasteiger partial charge on any atom is -0.481 e. The van der Waals surface area contributed by atoms with Crippen LogP contribution in [0.2, 0.25) is 0 Å². The van der Waals surface area contributed by atoms with Crippen LogP contribution in [-0.2, 0) is 9.59 Å². The number of hydrogen-bond donors (Lipinski definition) is 1. The summed E-state index contributed by atoms with van der Waals surface area (Å²) in [5.74, 6) is -0.701. The summed E-state index contributed by atoms with van der Waals surface area (Å²) < 4.78 is 0. The summed E-state index contributed by atoms with van der Waals surface area (Å²) in [4.78, 5) is 21.7. The number of hydrogen-bond acceptors (Lipinski definition) is 2. The van der Waals surface area contributed by atoms with Crippen LogP contribution in [-0.4, -0.2) is 16.9 Å². The number of Topliss-reactive ketones (excluding diaryl/α,β-unsaturated/α-hetero) is 1. The van der Waals surface area contributed by atoms with Crippen LogP contribution in [0.1, 0.15) is 32.1 Å². The predicted molar refractivity (Wildman–Crippen MR) is 41.7 cm³/mol. The molecular weight excluding hydrogens is 156 g/mol. The Kier molecular flexibility index (Phi) is 1.50. The van der Waals surface area contributed by atoms with Gasteiger partial charge in [0.25, 0.3) is 0 Å². The fraction of sp³-hybridized carbons (Fsp3) is 0.778. The van der Waals surface area contributed by atoms with Gasteiger partial charge in [-0.3, -0.25) is 9.59 Å². The molecule has 3 nitrogen and oxygen atoms in total. The van der Waals surface area contributed by atoms with Crippen molar-refractivity contribution in [3.05, 3.63) is 0 Å². The second-order valence-electron chi connectivity index (χ2n) is 4.01. The van der Waals surface area contributed by atoms with Crippen molar-refractivity contribution < 1.29 is 14.7 Å². The number of carbonyl (C=O) groups excluding carboxylic acids is 1. The average molecular weight is 168 g/mol. The zero-order valence-electron chi connectivity index (χ0n) is 6.88. The maximum atomic E-state index is 11.0. The van der Waals surface area contributed by atoms with Crippen LogP contribution in [0.5, 0.6) is 0 Å². The van der Waals surface area contributed by atoms with E-state index in [9.17, 15) is 9.59 Å². The van der Waals surface area contributed by atoms with Crippen molar-refractivity contribution >= 4 is 11.8 Å². The smallest absolute Gasteiger partial charge is 0.306 e. The number of rotatable bonds is 1. The first-order chi connectivity index (χ1) is 5.64. The second kappa shape index (κ2) is 2.31. The van der Waals surface area contributed by atoms with Gasteiger partial charge in [-0.2, -0.15) is 0 Å². The number of aliphatic carboxylic acids is 1. The fourth-order valence-electron chi connectivity index (χ4n) is 2.25. The van der Waals surface area contributed by atoms with Crippen molar-refractivity contribution in [1.29, 1.82) is 0 Å². The highest BCUT2D eigenvalue weighted by molar-refractivity contribution is 6.01. The van der Waals surface area contributed by atoms with E-state index in [4.69, 9.17) is 5.11 Å². The van der Waals surface area contributed by atoms with Crippen LogP contribution < -0.4 is 0 Å². The Labute approximate surface area is 70.8 Å². The molecule has 2 fully saturated rings. The second-order valence-corrected chi connectivity index (χ2v) is 4.01. The lowest BCUT2D eigenvalue weighted by Crippen LogP contribution is -2.24. The zero-order valence-corrected chi connectivity index (χ0v) is 6.88. The molecule has 2 atom stereocenters. The van der Waals surface area contributed by atoms with Crippen LogP contribution in [0.4, 0.5) is 0 Å². The van der Waals surface area contributed by atoms with E-state index in [0.29, 0.717) is 12.8 Å². The van der Waals surface area contributed by atoms with E-state index in [1.165, 1.54) is 0 Å². The van der Waals surface area contributed by atoms with E-state index in [1.54, 1.807) is 0 Å². The molecule has 2 rings (SSSR count). The predicted octanol–water partition coefficient (Wildman–Crippen LogP) is 1.22. The summed E-state index contributed by atoms with van der Waals surface area (Å²) in [6.45, 7) is 0. The van der Waals surface area contributed by atoms with Gasteiger partial charge in [-0.25, -0.2) is 0 Å². The quantitative estimate of drug-likeness (QED) is 0.640. The summed E-state index contributed by atoms with van der Waals surface area (Å²) >= 11 is 0. The number of carboxylic acid groups (broad SMARTS) is 1. The molecule has 12 heavy (non-hydrogen) atoms. The van der Waals surface area contributed by atoms with Gasteiger partial charge in [0.05, 0.1) is 5.92 Å². The van der Waals surface area contributed by atoms with Crippen LogP contribution in [0.25, 0.3) is 0 Å². The molecule has 1 N–H and O–H groups in total. The van der Waals surface area contributed by atoms with Crippen molar-refractivity contribution in [3.63, 3.8) is 0 Å². The summed E-state index contributed by atoms with van der Waals surface area (Å²) in [6.07, 6.45) is 3.82. The Morgan fingerprint density at radius 3 is 2.75 bits per heavy atom. The third-order valence-electron chi connectivity index (χ3n) is 3.16. The lowest BCUT2D eigenvalue weighted by Gasteiger charge is -2.24. The molecule has 0 aromatic heterocycles. The Hall–Kier alpha value is -0.860. The fourth-order valence-corrected chi connectivity index (χ4v) is 2.25.